The number of H-pyrrole nitrogens is 1. The average molecular weight is 482 g/mol. The van der Waals surface area contributed by atoms with Crippen molar-refractivity contribution in [2.45, 2.75) is 45.4 Å². The molecule has 0 atom stereocenters. The van der Waals surface area contributed by atoms with Gasteiger partial charge in [-0.15, -0.1) is 11.3 Å². The Hall–Kier alpha value is -3.46. The fraction of sp³-hybridized carbons (Fsp3) is 0.360. The number of aryl methyl sites for hydroxylation is 1. The molecule has 0 aliphatic heterocycles. The summed E-state index contributed by atoms with van der Waals surface area (Å²) in [5.41, 5.74) is 2.58. The molecule has 4 rings (SSSR count). The van der Waals surface area contributed by atoms with Gasteiger partial charge in [0, 0.05) is 22.8 Å². The van der Waals surface area contributed by atoms with E-state index in [0.717, 1.165) is 54.5 Å². The van der Waals surface area contributed by atoms with Gasteiger partial charge in [-0.25, -0.2) is 14.6 Å². The molecule has 178 valence electrons. The second-order valence-corrected chi connectivity index (χ2v) is 9.09. The smallest absolute Gasteiger partial charge is 0.341 e. The van der Waals surface area contributed by atoms with Crippen molar-refractivity contribution in [3.63, 3.8) is 0 Å². The van der Waals surface area contributed by atoms with E-state index in [9.17, 15) is 14.4 Å². The molecule has 1 aliphatic rings. The van der Waals surface area contributed by atoms with Gasteiger partial charge >= 0.3 is 11.9 Å². The predicted octanol–water partition coefficient (Wildman–Crippen LogP) is 4.77. The van der Waals surface area contributed by atoms with Gasteiger partial charge in [0.1, 0.15) is 10.8 Å². The molecule has 0 spiro atoms. The standard InChI is InChI=1S/C25H27N3O5S/c1-2-32-25(31)21-18-7-5-3-4-6-8-19(18)34-23(21)28-20(29)15-33-24(30)17-11-9-16(10-12-17)22-26-13-14-27-22/h9-14H,2-8,15H2,1H3,(H,26,27)(H,28,29). The van der Waals surface area contributed by atoms with Crippen LogP contribution in [0.5, 0.6) is 0 Å². The van der Waals surface area contributed by atoms with Crippen LogP contribution in [0.4, 0.5) is 5.00 Å². The Morgan fingerprint density at radius 3 is 2.50 bits per heavy atom. The molecular formula is C25H27N3O5S. The molecule has 2 aromatic heterocycles. The number of nitrogens with zero attached hydrogens (tertiary/aromatic N) is 1. The number of carbonyl (C=O) groups excluding carboxylic acids is 3. The molecule has 0 unspecified atom stereocenters. The summed E-state index contributed by atoms with van der Waals surface area (Å²) in [7, 11) is 0. The number of aromatic nitrogens is 2. The molecule has 1 amide bonds. The minimum atomic E-state index is -0.606. The van der Waals surface area contributed by atoms with Crippen molar-refractivity contribution in [2.75, 3.05) is 18.5 Å². The number of ether oxygens (including phenoxy) is 2. The molecule has 1 aliphatic carbocycles. The SMILES string of the molecule is CCOC(=O)c1c(NC(=O)COC(=O)c2ccc(-c3ncc[nH]3)cc2)sc2c1CCCCCC2. The van der Waals surface area contributed by atoms with E-state index < -0.39 is 24.5 Å². The van der Waals surface area contributed by atoms with Crippen molar-refractivity contribution in [1.82, 2.24) is 9.97 Å². The molecule has 0 bridgehead atoms. The van der Waals surface area contributed by atoms with E-state index in [1.807, 2.05) is 0 Å². The molecule has 0 fully saturated rings. The van der Waals surface area contributed by atoms with E-state index in [0.29, 0.717) is 22.0 Å². The Labute approximate surface area is 201 Å². The van der Waals surface area contributed by atoms with Crippen LogP contribution >= 0.6 is 11.3 Å². The third-order valence-electron chi connectivity index (χ3n) is 5.63. The number of imidazole rings is 1. The van der Waals surface area contributed by atoms with Gasteiger partial charge in [-0.1, -0.05) is 25.0 Å². The number of amides is 1. The van der Waals surface area contributed by atoms with Crippen molar-refractivity contribution < 1.29 is 23.9 Å². The van der Waals surface area contributed by atoms with Gasteiger partial charge in [0.15, 0.2) is 6.61 Å². The maximum Gasteiger partial charge on any atom is 0.341 e. The molecule has 8 nitrogen and oxygen atoms in total. The number of aromatic amines is 1. The lowest BCUT2D eigenvalue weighted by atomic mass is 9.96. The Balaban J connectivity index is 1.41. The molecule has 1 aromatic carbocycles. The highest BCUT2D eigenvalue weighted by atomic mass is 32.1. The van der Waals surface area contributed by atoms with Crippen LogP contribution in [0.25, 0.3) is 11.4 Å². The number of carbonyl (C=O) groups is 3. The molecule has 0 saturated carbocycles. The topological polar surface area (TPSA) is 110 Å². The summed E-state index contributed by atoms with van der Waals surface area (Å²) < 4.78 is 10.5. The Kier molecular flexibility index (Phi) is 7.74. The van der Waals surface area contributed by atoms with Gasteiger partial charge < -0.3 is 19.8 Å². The molecule has 34 heavy (non-hydrogen) atoms. The zero-order valence-electron chi connectivity index (χ0n) is 19.0. The lowest BCUT2D eigenvalue weighted by Gasteiger charge is -2.11. The lowest BCUT2D eigenvalue weighted by Crippen LogP contribution is -2.22. The van der Waals surface area contributed by atoms with Crippen LogP contribution in [0.1, 0.15) is 63.8 Å². The predicted molar refractivity (Wildman–Crippen MR) is 129 cm³/mol. The van der Waals surface area contributed by atoms with E-state index in [2.05, 4.69) is 15.3 Å². The lowest BCUT2D eigenvalue weighted by molar-refractivity contribution is -0.119. The third-order valence-corrected chi connectivity index (χ3v) is 6.84. The maximum atomic E-state index is 12.7. The number of rotatable bonds is 7. The summed E-state index contributed by atoms with van der Waals surface area (Å²) in [6, 6.07) is 6.75. The normalized spacial score (nSPS) is 13.3. The van der Waals surface area contributed by atoms with E-state index in [1.54, 1.807) is 43.6 Å². The summed E-state index contributed by atoms with van der Waals surface area (Å²) in [5, 5.41) is 3.24. The van der Waals surface area contributed by atoms with Gasteiger partial charge in [0.05, 0.1) is 17.7 Å². The number of thiophene rings is 1. The minimum Gasteiger partial charge on any atom is -0.462 e. The fourth-order valence-electron chi connectivity index (χ4n) is 3.99. The summed E-state index contributed by atoms with van der Waals surface area (Å²) in [5.74, 6) is -0.836. The summed E-state index contributed by atoms with van der Waals surface area (Å²) in [6.45, 7) is 1.56. The van der Waals surface area contributed by atoms with Crippen molar-refractivity contribution in [2.24, 2.45) is 0 Å². The molecule has 0 saturated heterocycles. The summed E-state index contributed by atoms with van der Waals surface area (Å²) >= 11 is 1.42. The van der Waals surface area contributed by atoms with Crippen molar-refractivity contribution in [1.29, 1.82) is 0 Å². The number of fused-ring (bicyclic) bond motifs is 1. The molecule has 2 heterocycles. The third kappa shape index (κ3) is 5.53. The van der Waals surface area contributed by atoms with Crippen molar-refractivity contribution in [3.8, 4) is 11.4 Å². The Bertz CT molecular complexity index is 1150. The highest BCUT2D eigenvalue weighted by Crippen LogP contribution is 2.37. The first-order chi connectivity index (χ1) is 16.6. The van der Waals surface area contributed by atoms with Gasteiger partial charge in [-0.2, -0.15) is 0 Å². The first kappa shape index (κ1) is 23.7. The molecular weight excluding hydrogens is 454 g/mol. The highest BCUT2D eigenvalue weighted by Gasteiger charge is 2.26. The van der Waals surface area contributed by atoms with Crippen LogP contribution < -0.4 is 5.32 Å². The van der Waals surface area contributed by atoms with Gasteiger partial charge in [0.2, 0.25) is 0 Å². The van der Waals surface area contributed by atoms with Crippen LogP contribution in [0.15, 0.2) is 36.7 Å². The van der Waals surface area contributed by atoms with E-state index in [1.165, 1.54) is 11.3 Å². The molecule has 2 N–H and O–H groups in total. The fourth-order valence-corrected chi connectivity index (χ4v) is 5.28. The second kappa shape index (κ2) is 11.1. The number of nitrogens with one attached hydrogen (secondary N) is 2. The minimum absolute atomic E-state index is 0.257. The number of anilines is 1. The first-order valence-corrected chi connectivity index (χ1v) is 12.3. The van der Waals surface area contributed by atoms with Crippen LogP contribution in [0, 0.1) is 0 Å². The number of benzene rings is 1. The van der Waals surface area contributed by atoms with Crippen LogP contribution in [-0.4, -0.2) is 41.0 Å². The summed E-state index contributed by atoms with van der Waals surface area (Å²) in [6.07, 6.45) is 9.38. The average Bonchev–Trinajstić information content (AvgIpc) is 3.46. The van der Waals surface area contributed by atoms with Crippen LogP contribution in [0.3, 0.4) is 0 Å². The highest BCUT2D eigenvalue weighted by molar-refractivity contribution is 7.17. The number of esters is 2. The van der Waals surface area contributed by atoms with Crippen LogP contribution in [0.2, 0.25) is 0 Å². The molecule has 9 heteroatoms. The molecule has 0 radical (unpaired) electrons. The molecule has 3 aromatic rings. The quantitative estimate of drug-likeness (QED) is 0.471. The van der Waals surface area contributed by atoms with Gasteiger partial charge in [-0.3, -0.25) is 4.79 Å². The van der Waals surface area contributed by atoms with Gasteiger partial charge in [0.25, 0.3) is 5.91 Å². The maximum absolute atomic E-state index is 12.7. The van der Waals surface area contributed by atoms with E-state index in [-0.39, 0.29) is 6.61 Å². The van der Waals surface area contributed by atoms with E-state index >= 15 is 0 Å². The monoisotopic (exact) mass is 481 g/mol. The van der Waals surface area contributed by atoms with Crippen LogP contribution in [-0.2, 0) is 27.1 Å². The largest absolute Gasteiger partial charge is 0.462 e. The van der Waals surface area contributed by atoms with E-state index in [4.69, 9.17) is 9.47 Å². The first-order valence-electron chi connectivity index (χ1n) is 11.4. The number of hydrogen-bond donors (Lipinski definition) is 2. The Morgan fingerprint density at radius 1 is 1.03 bits per heavy atom. The summed E-state index contributed by atoms with van der Waals surface area (Å²) in [4.78, 5) is 46.0. The second-order valence-electron chi connectivity index (χ2n) is 7.98. The Morgan fingerprint density at radius 2 is 1.79 bits per heavy atom. The van der Waals surface area contributed by atoms with Gasteiger partial charge in [-0.05, 0) is 50.3 Å². The van der Waals surface area contributed by atoms with Crippen molar-refractivity contribution in [3.05, 3.63) is 58.2 Å². The van der Waals surface area contributed by atoms with Crippen molar-refractivity contribution >= 4 is 34.2 Å². The number of hydrogen-bond acceptors (Lipinski definition) is 7. The zero-order valence-corrected chi connectivity index (χ0v) is 19.8. The zero-order chi connectivity index (χ0) is 23.9.